The lowest BCUT2D eigenvalue weighted by molar-refractivity contribution is -0.105. The fourth-order valence-electron chi connectivity index (χ4n) is 0.920. The van der Waals surface area contributed by atoms with Crippen molar-refractivity contribution < 1.29 is 17.6 Å². The zero-order chi connectivity index (χ0) is 11.6. The van der Waals surface area contributed by atoms with Gasteiger partial charge >= 0.3 is 6.18 Å². The summed E-state index contributed by atoms with van der Waals surface area (Å²) >= 11 is 4.53. The average molecular weight is 256 g/mol. The second-order valence-electron chi connectivity index (χ2n) is 2.97. The Morgan fingerprint density at radius 2 is 1.93 bits per heavy atom. The Morgan fingerprint density at radius 3 is 2.47 bits per heavy atom. The van der Waals surface area contributed by atoms with Gasteiger partial charge in [0.05, 0.1) is 5.75 Å². The van der Waals surface area contributed by atoms with E-state index in [1.165, 1.54) is 13.0 Å². The lowest BCUT2D eigenvalue weighted by atomic mass is 10.2. The minimum absolute atomic E-state index is 0.229. The van der Waals surface area contributed by atoms with E-state index in [1.54, 1.807) is 0 Å². The van der Waals surface area contributed by atoms with E-state index >= 15 is 0 Å². The number of halogens is 4. The highest BCUT2D eigenvalue weighted by Crippen LogP contribution is 2.32. The topological polar surface area (TPSA) is 0 Å². The Balaban J connectivity index is 2.82. The minimum atomic E-state index is -4.23. The molecule has 0 saturated heterocycles. The van der Waals surface area contributed by atoms with E-state index in [2.05, 4.69) is 12.6 Å². The van der Waals surface area contributed by atoms with Crippen LogP contribution < -0.4 is 0 Å². The summed E-state index contributed by atoms with van der Waals surface area (Å²) in [4.78, 5) is 0.571. The zero-order valence-corrected chi connectivity index (χ0v) is 9.44. The summed E-state index contributed by atoms with van der Waals surface area (Å²) in [7, 11) is 0. The van der Waals surface area contributed by atoms with Crippen LogP contribution in [0.25, 0.3) is 0 Å². The van der Waals surface area contributed by atoms with Crippen LogP contribution >= 0.6 is 24.4 Å². The Morgan fingerprint density at radius 1 is 1.33 bits per heavy atom. The molecule has 0 N–H and O–H groups in total. The van der Waals surface area contributed by atoms with E-state index in [0.717, 1.165) is 6.07 Å². The van der Waals surface area contributed by atoms with E-state index < -0.39 is 17.7 Å². The van der Waals surface area contributed by atoms with Gasteiger partial charge in [-0.2, -0.15) is 13.2 Å². The highest BCUT2D eigenvalue weighted by atomic mass is 32.2. The smallest absolute Gasteiger partial charge is 0.207 e. The Bertz CT molecular complexity index is 360. The number of hydrogen-bond donors (Lipinski definition) is 1. The summed E-state index contributed by atoms with van der Waals surface area (Å²) < 4.78 is 48.8. The lowest BCUT2D eigenvalue weighted by Gasteiger charge is -2.09. The van der Waals surface area contributed by atoms with Gasteiger partial charge in [-0.3, -0.25) is 0 Å². The third-order valence-electron chi connectivity index (χ3n) is 1.63. The average Bonchev–Trinajstić information content (AvgIpc) is 2.07. The van der Waals surface area contributed by atoms with Crippen LogP contribution in [0.5, 0.6) is 0 Å². The third kappa shape index (κ3) is 3.95. The molecule has 0 spiro atoms. The highest BCUT2D eigenvalue weighted by Gasteiger charge is 2.27. The second-order valence-corrected chi connectivity index (χ2v) is 4.47. The van der Waals surface area contributed by atoms with Crippen molar-refractivity contribution in [2.45, 2.75) is 22.9 Å². The van der Waals surface area contributed by atoms with Crippen LogP contribution in [0.1, 0.15) is 5.56 Å². The summed E-state index contributed by atoms with van der Waals surface area (Å²) in [5.41, 5.74) is 0.317. The summed E-state index contributed by atoms with van der Waals surface area (Å²) in [5, 5.41) is 0. The summed E-state index contributed by atoms with van der Waals surface area (Å²) in [5.74, 6) is -1.46. The lowest BCUT2D eigenvalue weighted by Crippen LogP contribution is -2.10. The van der Waals surface area contributed by atoms with Crippen molar-refractivity contribution in [1.82, 2.24) is 0 Å². The largest absolute Gasteiger partial charge is 0.398 e. The monoisotopic (exact) mass is 256 g/mol. The molecular formula is C9H8F4S2. The first-order valence-corrected chi connectivity index (χ1v) is 5.41. The number of thioether (sulfide) groups is 1. The van der Waals surface area contributed by atoms with Gasteiger partial charge in [-0.15, -0.1) is 24.4 Å². The van der Waals surface area contributed by atoms with Gasteiger partial charge in [0.15, 0.2) is 0 Å². The first kappa shape index (κ1) is 12.7. The number of thiol groups is 1. The molecule has 1 aromatic rings. The molecule has 0 amide bonds. The third-order valence-corrected chi connectivity index (χ3v) is 3.27. The maximum absolute atomic E-state index is 13.0. The molecule has 0 aliphatic heterocycles. The molecule has 0 radical (unpaired) electrons. The van der Waals surface area contributed by atoms with Gasteiger partial charge in [-0.05, 0) is 24.6 Å². The van der Waals surface area contributed by atoms with Crippen LogP contribution in [0, 0.1) is 12.7 Å². The minimum Gasteiger partial charge on any atom is -0.207 e. The molecular weight excluding hydrogens is 248 g/mol. The highest BCUT2D eigenvalue weighted by molar-refractivity contribution is 7.99. The van der Waals surface area contributed by atoms with Gasteiger partial charge < -0.3 is 0 Å². The number of alkyl halides is 3. The molecule has 0 nitrogen and oxygen atoms in total. The van der Waals surface area contributed by atoms with Crippen molar-refractivity contribution in [2.75, 3.05) is 5.75 Å². The van der Waals surface area contributed by atoms with Gasteiger partial charge in [-0.25, -0.2) is 4.39 Å². The fraction of sp³-hybridized carbons (Fsp3) is 0.333. The predicted octanol–water partition coefficient (Wildman–Crippen LogP) is 4.08. The Labute approximate surface area is 94.5 Å². The molecule has 0 heterocycles. The number of rotatable bonds is 2. The molecule has 84 valence electrons. The quantitative estimate of drug-likeness (QED) is 0.472. The fourth-order valence-corrected chi connectivity index (χ4v) is 2.08. The molecule has 1 rings (SSSR count). The molecule has 0 aromatic heterocycles. The van der Waals surface area contributed by atoms with Crippen molar-refractivity contribution >= 4 is 24.4 Å². The van der Waals surface area contributed by atoms with E-state index in [0.29, 0.717) is 22.2 Å². The molecule has 0 atom stereocenters. The van der Waals surface area contributed by atoms with Crippen LogP contribution in [0.2, 0.25) is 0 Å². The summed E-state index contributed by atoms with van der Waals surface area (Å²) in [6.07, 6.45) is -4.23. The molecule has 1 aromatic carbocycles. The molecule has 15 heavy (non-hydrogen) atoms. The molecule has 0 saturated carbocycles. The van der Waals surface area contributed by atoms with Crippen LogP contribution in [0.3, 0.4) is 0 Å². The first-order chi connectivity index (χ1) is 6.79. The van der Waals surface area contributed by atoms with E-state index in [9.17, 15) is 17.6 Å². The van der Waals surface area contributed by atoms with Crippen molar-refractivity contribution in [3.63, 3.8) is 0 Å². The Kier molecular flexibility index (Phi) is 3.94. The van der Waals surface area contributed by atoms with Gasteiger partial charge in [-0.1, -0.05) is 0 Å². The Hall–Kier alpha value is -0.360. The standard InChI is InChI=1S/C9H8F4S2/c1-5-2-8(7(14)3-6(5)10)15-4-9(11,12)13/h2-3,14H,4H2,1H3. The molecule has 0 aliphatic rings. The second kappa shape index (κ2) is 4.65. The maximum Gasteiger partial charge on any atom is 0.398 e. The van der Waals surface area contributed by atoms with E-state index in [1.807, 2.05) is 0 Å². The molecule has 0 bridgehead atoms. The van der Waals surface area contributed by atoms with Crippen LogP contribution in [0.15, 0.2) is 21.9 Å². The van der Waals surface area contributed by atoms with Gasteiger partial charge in [0.2, 0.25) is 0 Å². The molecule has 6 heteroatoms. The zero-order valence-electron chi connectivity index (χ0n) is 7.73. The molecule has 0 unspecified atom stereocenters. The van der Waals surface area contributed by atoms with Crippen LogP contribution in [0.4, 0.5) is 17.6 Å². The predicted molar refractivity (Wildman–Crippen MR) is 55.2 cm³/mol. The van der Waals surface area contributed by atoms with E-state index in [4.69, 9.17) is 0 Å². The van der Waals surface area contributed by atoms with Crippen molar-refractivity contribution in [1.29, 1.82) is 0 Å². The van der Waals surface area contributed by atoms with Crippen LogP contribution in [-0.4, -0.2) is 11.9 Å². The van der Waals surface area contributed by atoms with Gasteiger partial charge in [0.25, 0.3) is 0 Å². The molecule has 0 aliphatic carbocycles. The normalized spacial score (nSPS) is 11.9. The number of aryl methyl sites for hydroxylation is 1. The van der Waals surface area contributed by atoms with E-state index in [-0.39, 0.29) is 4.90 Å². The van der Waals surface area contributed by atoms with Crippen LogP contribution in [-0.2, 0) is 0 Å². The van der Waals surface area contributed by atoms with Crippen molar-refractivity contribution in [2.24, 2.45) is 0 Å². The first-order valence-electron chi connectivity index (χ1n) is 3.98. The maximum atomic E-state index is 13.0. The van der Waals surface area contributed by atoms with Crippen molar-refractivity contribution in [3.05, 3.63) is 23.5 Å². The molecule has 0 fully saturated rings. The van der Waals surface area contributed by atoms with Gasteiger partial charge in [0, 0.05) is 9.79 Å². The summed E-state index contributed by atoms with van der Waals surface area (Å²) in [6.45, 7) is 1.50. The number of benzene rings is 1. The van der Waals surface area contributed by atoms with Gasteiger partial charge in [0.1, 0.15) is 5.82 Å². The summed E-state index contributed by atoms with van der Waals surface area (Å²) in [6, 6.07) is 2.49. The SMILES string of the molecule is Cc1cc(SCC(F)(F)F)c(S)cc1F. The van der Waals surface area contributed by atoms with Crippen molar-refractivity contribution in [3.8, 4) is 0 Å². The number of hydrogen-bond acceptors (Lipinski definition) is 2.